The van der Waals surface area contributed by atoms with Crippen LogP contribution in [-0.4, -0.2) is 36.2 Å². The molecule has 3 rings (SSSR count). The summed E-state index contributed by atoms with van der Waals surface area (Å²) in [6, 6.07) is 15.7. The minimum atomic E-state index is -3.87. The van der Waals surface area contributed by atoms with Crippen LogP contribution < -0.4 is 5.32 Å². The molecule has 0 saturated carbocycles. The van der Waals surface area contributed by atoms with Gasteiger partial charge in [-0.05, 0) is 43.9 Å². The number of carbonyl (C=O) groups excluding carboxylic acids is 1. The van der Waals surface area contributed by atoms with Crippen molar-refractivity contribution in [3.63, 3.8) is 0 Å². The van der Waals surface area contributed by atoms with Gasteiger partial charge >= 0.3 is 0 Å². The number of sulfone groups is 1. The predicted molar refractivity (Wildman–Crippen MR) is 113 cm³/mol. The number of nitrogens with zero attached hydrogens (tertiary/aromatic N) is 2. The van der Waals surface area contributed by atoms with E-state index < -0.39 is 21.5 Å². The topological polar surface area (TPSA) is 81.1 Å². The van der Waals surface area contributed by atoms with Crippen LogP contribution in [0.25, 0.3) is 5.69 Å². The van der Waals surface area contributed by atoms with Gasteiger partial charge in [-0.1, -0.05) is 48.0 Å². The van der Waals surface area contributed by atoms with Crippen LogP contribution in [0.5, 0.6) is 0 Å². The maximum Gasteiger partial charge on any atom is 0.235 e. The van der Waals surface area contributed by atoms with Gasteiger partial charge in [-0.25, -0.2) is 13.4 Å². The maximum atomic E-state index is 12.8. The van der Waals surface area contributed by atoms with Crippen LogP contribution in [0.3, 0.4) is 0 Å². The molecule has 152 valence electrons. The van der Waals surface area contributed by atoms with Gasteiger partial charge in [0.2, 0.25) is 20.9 Å². The summed E-state index contributed by atoms with van der Waals surface area (Å²) in [5.41, 5.74) is 3.94. The molecule has 2 aromatic carbocycles. The van der Waals surface area contributed by atoms with Crippen LogP contribution in [-0.2, 0) is 21.1 Å². The van der Waals surface area contributed by atoms with E-state index in [0.717, 1.165) is 29.7 Å². The Labute approximate surface area is 171 Å². The Hall–Kier alpha value is -2.93. The molecule has 0 radical (unpaired) electrons. The van der Waals surface area contributed by atoms with Crippen molar-refractivity contribution in [1.29, 1.82) is 0 Å². The zero-order valence-corrected chi connectivity index (χ0v) is 17.4. The summed E-state index contributed by atoms with van der Waals surface area (Å²) in [6.07, 6.45) is 4.60. The van der Waals surface area contributed by atoms with E-state index in [2.05, 4.69) is 10.3 Å². The Morgan fingerprint density at radius 2 is 1.86 bits per heavy atom. The minimum Gasteiger partial charge on any atom is -0.355 e. The van der Waals surface area contributed by atoms with Gasteiger partial charge in [0.1, 0.15) is 5.75 Å². The SMILES string of the molecule is Cc1ccc(-n2ccnc2S(=O)(=O)CC(=O)NCCCc2ccccc2)c(C)c1. The molecule has 0 saturated heterocycles. The number of hydrogen-bond donors (Lipinski definition) is 1. The smallest absolute Gasteiger partial charge is 0.235 e. The Morgan fingerprint density at radius 3 is 2.59 bits per heavy atom. The number of hydrogen-bond acceptors (Lipinski definition) is 4. The fourth-order valence-corrected chi connectivity index (χ4v) is 4.49. The summed E-state index contributed by atoms with van der Waals surface area (Å²) < 4.78 is 27.1. The van der Waals surface area contributed by atoms with Crippen molar-refractivity contribution in [1.82, 2.24) is 14.9 Å². The third kappa shape index (κ3) is 5.32. The van der Waals surface area contributed by atoms with Crippen LogP contribution in [0.2, 0.25) is 0 Å². The van der Waals surface area contributed by atoms with E-state index in [0.29, 0.717) is 6.54 Å². The number of aryl methyl sites for hydroxylation is 3. The molecule has 6 nitrogen and oxygen atoms in total. The van der Waals surface area contributed by atoms with Crippen LogP contribution in [0.15, 0.2) is 66.1 Å². The van der Waals surface area contributed by atoms with Crippen molar-refractivity contribution < 1.29 is 13.2 Å². The van der Waals surface area contributed by atoms with Crippen molar-refractivity contribution in [2.24, 2.45) is 0 Å². The number of benzene rings is 2. The number of amides is 1. The Kier molecular flexibility index (Phi) is 6.49. The van der Waals surface area contributed by atoms with Gasteiger partial charge in [0.25, 0.3) is 0 Å². The zero-order chi connectivity index (χ0) is 20.9. The Morgan fingerprint density at radius 1 is 1.10 bits per heavy atom. The van der Waals surface area contributed by atoms with Gasteiger partial charge in [-0.3, -0.25) is 9.36 Å². The molecule has 1 heterocycles. The molecule has 0 bridgehead atoms. The first-order valence-electron chi connectivity index (χ1n) is 9.51. The van der Waals surface area contributed by atoms with Crippen molar-refractivity contribution in [2.75, 3.05) is 12.3 Å². The Balaban J connectivity index is 1.63. The summed E-state index contributed by atoms with van der Waals surface area (Å²) in [4.78, 5) is 16.2. The van der Waals surface area contributed by atoms with E-state index in [4.69, 9.17) is 0 Å². The van der Waals surface area contributed by atoms with E-state index in [9.17, 15) is 13.2 Å². The molecule has 1 amide bonds. The summed E-state index contributed by atoms with van der Waals surface area (Å²) in [5.74, 6) is -1.14. The normalized spacial score (nSPS) is 11.4. The fourth-order valence-electron chi connectivity index (χ4n) is 3.23. The molecule has 3 aromatic rings. The number of carbonyl (C=O) groups is 1. The van der Waals surface area contributed by atoms with Crippen LogP contribution in [0.1, 0.15) is 23.1 Å². The van der Waals surface area contributed by atoms with E-state index >= 15 is 0 Å². The van der Waals surface area contributed by atoms with E-state index in [1.807, 2.05) is 62.4 Å². The van der Waals surface area contributed by atoms with Crippen LogP contribution in [0.4, 0.5) is 0 Å². The number of imidazole rings is 1. The van der Waals surface area contributed by atoms with Crippen molar-refractivity contribution in [3.05, 3.63) is 77.6 Å². The highest BCUT2D eigenvalue weighted by atomic mass is 32.2. The highest BCUT2D eigenvalue weighted by Gasteiger charge is 2.25. The molecule has 0 aliphatic carbocycles. The first-order valence-corrected chi connectivity index (χ1v) is 11.2. The molecule has 0 spiro atoms. The molecule has 1 N–H and O–H groups in total. The second kappa shape index (κ2) is 9.05. The lowest BCUT2D eigenvalue weighted by Gasteiger charge is -2.12. The summed E-state index contributed by atoms with van der Waals surface area (Å²) in [6.45, 7) is 4.32. The average molecular weight is 412 g/mol. The summed E-state index contributed by atoms with van der Waals surface area (Å²) in [5, 5.41) is 2.57. The lowest BCUT2D eigenvalue weighted by Crippen LogP contribution is -2.32. The zero-order valence-electron chi connectivity index (χ0n) is 16.6. The first kappa shape index (κ1) is 20.8. The number of rotatable bonds is 8. The standard InChI is InChI=1S/C22H25N3O3S/c1-17-10-11-20(18(2)15-17)25-14-13-24-22(25)29(27,28)16-21(26)23-12-6-9-19-7-4-3-5-8-19/h3-5,7-8,10-11,13-15H,6,9,12,16H2,1-2H3,(H,23,26). The molecule has 29 heavy (non-hydrogen) atoms. The molecule has 0 aliphatic heterocycles. The maximum absolute atomic E-state index is 12.8. The molecule has 0 fully saturated rings. The predicted octanol–water partition coefficient (Wildman–Crippen LogP) is 3.01. The third-order valence-corrected chi connectivity index (χ3v) is 6.13. The Bertz CT molecular complexity index is 1090. The van der Waals surface area contributed by atoms with Crippen molar-refractivity contribution in [3.8, 4) is 5.69 Å². The minimum absolute atomic E-state index is 0.121. The van der Waals surface area contributed by atoms with Crippen molar-refractivity contribution in [2.45, 2.75) is 31.8 Å². The molecule has 0 aliphatic rings. The number of aromatic nitrogens is 2. The molecule has 1 aromatic heterocycles. The first-order chi connectivity index (χ1) is 13.9. The largest absolute Gasteiger partial charge is 0.355 e. The highest BCUT2D eigenvalue weighted by molar-refractivity contribution is 7.92. The molecule has 0 atom stereocenters. The molecular weight excluding hydrogens is 386 g/mol. The van der Waals surface area contributed by atoms with Crippen molar-refractivity contribution >= 4 is 15.7 Å². The fraction of sp³-hybridized carbons (Fsp3) is 0.273. The highest BCUT2D eigenvalue weighted by Crippen LogP contribution is 2.20. The lowest BCUT2D eigenvalue weighted by atomic mass is 10.1. The van der Waals surface area contributed by atoms with Crippen LogP contribution >= 0.6 is 0 Å². The van der Waals surface area contributed by atoms with Gasteiger partial charge in [-0.2, -0.15) is 0 Å². The lowest BCUT2D eigenvalue weighted by molar-refractivity contribution is -0.118. The van der Waals surface area contributed by atoms with Crippen LogP contribution in [0, 0.1) is 13.8 Å². The van der Waals surface area contributed by atoms with E-state index in [1.165, 1.54) is 16.3 Å². The quantitative estimate of drug-likeness (QED) is 0.578. The monoisotopic (exact) mass is 411 g/mol. The van der Waals surface area contributed by atoms with E-state index in [-0.39, 0.29) is 5.16 Å². The average Bonchev–Trinajstić information content (AvgIpc) is 3.16. The molecule has 0 unspecified atom stereocenters. The third-order valence-electron chi connectivity index (χ3n) is 4.63. The molecular formula is C22H25N3O3S. The second-order valence-electron chi connectivity index (χ2n) is 7.07. The number of nitrogens with one attached hydrogen (secondary N) is 1. The summed E-state index contributed by atoms with van der Waals surface area (Å²) in [7, 11) is -3.87. The van der Waals surface area contributed by atoms with Gasteiger partial charge < -0.3 is 5.32 Å². The van der Waals surface area contributed by atoms with Gasteiger partial charge in [0.15, 0.2) is 0 Å². The van der Waals surface area contributed by atoms with Gasteiger partial charge in [-0.15, -0.1) is 0 Å². The van der Waals surface area contributed by atoms with E-state index in [1.54, 1.807) is 6.20 Å². The molecule has 7 heteroatoms. The second-order valence-corrected chi connectivity index (χ2v) is 8.95. The summed E-state index contributed by atoms with van der Waals surface area (Å²) >= 11 is 0. The van der Waals surface area contributed by atoms with Gasteiger partial charge in [0.05, 0.1) is 5.69 Å². The van der Waals surface area contributed by atoms with Gasteiger partial charge in [0, 0.05) is 18.9 Å².